The monoisotopic (exact) mass is 273 g/mol. The molecule has 0 aromatic heterocycles. The maximum Gasteiger partial charge on any atom is 0.124 e. The number of hydrogen-bond donors (Lipinski definition) is 2. The van der Waals surface area contributed by atoms with Crippen molar-refractivity contribution in [1.82, 2.24) is 5.32 Å². The molecule has 1 atom stereocenters. The molecule has 0 bridgehead atoms. The van der Waals surface area contributed by atoms with Crippen molar-refractivity contribution in [3.63, 3.8) is 0 Å². The van der Waals surface area contributed by atoms with Crippen LogP contribution >= 0.6 is 0 Å². The molecule has 0 aliphatic rings. The van der Waals surface area contributed by atoms with Crippen LogP contribution in [0, 0.1) is 0 Å². The third-order valence-corrected chi connectivity index (χ3v) is 3.58. The highest BCUT2D eigenvalue weighted by atomic mass is 16.5. The summed E-state index contributed by atoms with van der Waals surface area (Å²) in [6, 6.07) is 12.6. The normalized spacial score (nSPS) is 12.6. The number of fused-ring (bicyclic) bond motifs is 1. The van der Waals surface area contributed by atoms with Crippen molar-refractivity contribution in [3.05, 3.63) is 42.0 Å². The number of aliphatic hydroxyl groups excluding tert-OH is 1. The van der Waals surface area contributed by atoms with Gasteiger partial charge < -0.3 is 15.2 Å². The number of nitrogens with one attached hydrogen (secondary N) is 1. The third kappa shape index (κ3) is 3.30. The largest absolute Gasteiger partial charge is 0.494 e. The van der Waals surface area contributed by atoms with Crippen LogP contribution in [0.4, 0.5) is 0 Å². The van der Waals surface area contributed by atoms with Gasteiger partial charge in [0.1, 0.15) is 5.75 Å². The molecule has 2 rings (SSSR count). The van der Waals surface area contributed by atoms with Crippen molar-refractivity contribution in [2.45, 2.75) is 32.9 Å². The van der Waals surface area contributed by atoms with Crippen LogP contribution in [0.3, 0.4) is 0 Å². The van der Waals surface area contributed by atoms with Crippen LogP contribution in [0.5, 0.6) is 5.75 Å². The smallest absolute Gasteiger partial charge is 0.124 e. The summed E-state index contributed by atoms with van der Waals surface area (Å²) in [4.78, 5) is 0. The van der Waals surface area contributed by atoms with E-state index in [9.17, 15) is 5.11 Å². The average Bonchev–Trinajstić information content (AvgIpc) is 2.50. The van der Waals surface area contributed by atoms with Crippen molar-refractivity contribution in [3.8, 4) is 5.75 Å². The predicted octanol–water partition coefficient (Wildman–Crippen LogP) is 3.10. The Hall–Kier alpha value is -1.58. The molecule has 0 aliphatic heterocycles. The molecule has 2 aromatic carbocycles. The predicted molar refractivity (Wildman–Crippen MR) is 83.1 cm³/mol. The molecule has 0 radical (unpaired) electrons. The summed E-state index contributed by atoms with van der Waals surface area (Å²) >= 11 is 0. The molecule has 3 heteroatoms. The standard InChI is InChI=1S/C17H23NO2/c1-3-14(12-19)18-11-16-15-8-6-5-7-13(15)9-10-17(16)20-4-2/h5-10,14,18-19H,3-4,11-12H2,1-2H3. The summed E-state index contributed by atoms with van der Waals surface area (Å²) in [5.74, 6) is 0.923. The van der Waals surface area contributed by atoms with Gasteiger partial charge in [0.2, 0.25) is 0 Å². The number of hydrogen-bond acceptors (Lipinski definition) is 3. The molecular formula is C17H23NO2. The van der Waals surface area contributed by atoms with E-state index >= 15 is 0 Å². The van der Waals surface area contributed by atoms with E-state index in [1.54, 1.807) is 0 Å². The Balaban J connectivity index is 2.33. The first kappa shape index (κ1) is 14.8. The van der Waals surface area contributed by atoms with Crippen molar-refractivity contribution in [1.29, 1.82) is 0 Å². The summed E-state index contributed by atoms with van der Waals surface area (Å²) in [5.41, 5.74) is 1.16. The molecule has 0 heterocycles. The molecule has 0 saturated heterocycles. The van der Waals surface area contributed by atoms with Crippen LogP contribution in [-0.4, -0.2) is 24.4 Å². The minimum atomic E-state index is 0.128. The lowest BCUT2D eigenvalue weighted by molar-refractivity contribution is 0.237. The van der Waals surface area contributed by atoms with Crippen LogP contribution in [0.1, 0.15) is 25.8 Å². The SMILES string of the molecule is CCOc1ccc2ccccc2c1CNC(CC)CO. The molecule has 3 nitrogen and oxygen atoms in total. The van der Waals surface area contributed by atoms with E-state index in [1.165, 1.54) is 10.8 Å². The van der Waals surface area contributed by atoms with Crippen molar-refractivity contribution in [2.24, 2.45) is 0 Å². The first-order chi connectivity index (χ1) is 9.80. The highest BCUT2D eigenvalue weighted by Gasteiger charge is 2.10. The fourth-order valence-corrected chi connectivity index (χ4v) is 2.37. The van der Waals surface area contributed by atoms with E-state index in [0.29, 0.717) is 13.2 Å². The summed E-state index contributed by atoms with van der Waals surface area (Å²) in [6.45, 7) is 5.58. The van der Waals surface area contributed by atoms with Gasteiger partial charge in [-0.25, -0.2) is 0 Å². The maximum atomic E-state index is 9.30. The van der Waals surface area contributed by atoms with Gasteiger partial charge in [-0.15, -0.1) is 0 Å². The van der Waals surface area contributed by atoms with Gasteiger partial charge in [0, 0.05) is 18.2 Å². The second kappa shape index (κ2) is 7.27. The van der Waals surface area contributed by atoms with Crippen LogP contribution in [0.15, 0.2) is 36.4 Å². The minimum absolute atomic E-state index is 0.128. The topological polar surface area (TPSA) is 41.5 Å². The number of rotatable bonds is 7. The fraction of sp³-hybridized carbons (Fsp3) is 0.412. The minimum Gasteiger partial charge on any atom is -0.494 e. The van der Waals surface area contributed by atoms with E-state index in [2.05, 4.69) is 30.4 Å². The summed E-state index contributed by atoms with van der Waals surface area (Å²) < 4.78 is 5.74. The fourth-order valence-electron chi connectivity index (χ4n) is 2.37. The zero-order valence-electron chi connectivity index (χ0n) is 12.2. The first-order valence-electron chi connectivity index (χ1n) is 7.27. The molecule has 1 unspecified atom stereocenters. The molecule has 108 valence electrons. The van der Waals surface area contributed by atoms with Crippen LogP contribution in [0.2, 0.25) is 0 Å². The van der Waals surface area contributed by atoms with E-state index in [-0.39, 0.29) is 12.6 Å². The summed E-state index contributed by atoms with van der Waals surface area (Å²) in [5, 5.41) is 15.1. The average molecular weight is 273 g/mol. The van der Waals surface area contributed by atoms with Crippen molar-refractivity contribution >= 4 is 10.8 Å². The van der Waals surface area contributed by atoms with E-state index in [1.807, 2.05) is 25.1 Å². The van der Waals surface area contributed by atoms with Gasteiger partial charge in [0.25, 0.3) is 0 Å². The van der Waals surface area contributed by atoms with Crippen LogP contribution in [0.25, 0.3) is 10.8 Å². The zero-order valence-corrected chi connectivity index (χ0v) is 12.2. The van der Waals surface area contributed by atoms with E-state index < -0.39 is 0 Å². The Kier molecular flexibility index (Phi) is 5.39. The molecule has 20 heavy (non-hydrogen) atoms. The molecule has 2 N–H and O–H groups in total. The Bertz CT molecular complexity index is 550. The Morgan fingerprint density at radius 1 is 1.15 bits per heavy atom. The summed E-state index contributed by atoms with van der Waals surface area (Å²) in [7, 11) is 0. The zero-order chi connectivity index (χ0) is 14.4. The molecule has 0 fully saturated rings. The molecule has 0 saturated carbocycles. The van der Waals surface area contributed by atoms with Crippen LogP contribution in [-0.2, 0) is 6.54 Å². The molecule has 0 amide bonds. The van der Waals surface area contributed by atoms with Crippen molar-refractivity contribution < 1.29 is 9.84 Å². The highest BCUT2D eigenvalue weighted by molar-refractivity contribution is 5.87. The number of ether oxygens (including phenoxy) is 1. The third-order valence-electron chi connectivity index (χ3n) is 3.58. The van der Waals surface area contributed by atoms with Crippen LogP contribution < -0.4 is 10.1 Å². The Labute approximate surface area is 120 Å². The second-order valence-electron chi connectivity index (χ2n) is 4.87. The molecular weight excluding hydrogens is 250 g/mol. The molecule has 0 spiro atoms. The maximum absolute atomic E-state index is 9.30. The van der Waals surface area contributed by atoms with Gasteiger partial charge in [0.15, 0.2) is 0 Å². The van der Waals surface area contributed by atoms with Gasteiger partial charge in [-0.1, -0.05) is 37.3 Å². The van der Waals surface area contributed by atoms with Gasteiger partial charge in [-0.05, 0) is 30.2 Å². The quantitative estimate of drug-likeness (QED) is 0.814. The number of aliphatic hydroxyl groups is 1. The van der Waals surface area contributed by atoms with E-state index in [0.717, 1.165) is 17.7 Å². The Morgan fingerprint density at radius 2 is 1.95 bits per heavy atom. The van der Waals surface area contributed by atoms with E-state index in [4.69, 9.17) is 4.74 Å². The first-order valence-corrected chi connectivity index (χ1v) is 7.27. The highest BCUT2D eigenvalue weighted by Crippen LogP contribution is 2.28. The number of benzene rings is 2. The lowest BCUT2D eigenvalue weighted by atomic mass is 10.0. The van der Waals surface area contributed by atoms with Gasteiger partial charge in [-0.3, -0.25) is 0 Å². The van der Waals surface area contributed by atoms with Gasteiger partial charge in [0.05, 0.1) is 13.2 Å². The lowest BCUT2D eigenvalue weighted by Crippen LogP contribution is -2.31. The van der Waals surface area contributed by atoms with Crippen molar-refractivity contribution in [2.75, 3.05) is 13.2 Å². The second-order valence-corrected chi connectivity index (χ2v) is 4.87. The summed E-state index contributed by atoms with van der Waals surface area (Å²) in [6.07, 6.45) is 0.908. The lowest BCUT2D eigenvalue weighted by Gasteiger charge is -2.18. The van der Waals surface area contributed by atoms with Gasteiger partial charge >= 0.3 is 0 Å². The Morgan fingerprint density at radius 3 is 2.65 bits per heavy atom. The molecule has 0 aliphatic carbocycles. The molecule has 2 aromatic rings. The van der Waals surface area contributed by atoms with Gasteiger partial charge in [-0.2, -0.15) is 0 Å².